The van der Waals surface area contributed by atoms with Crippen LogP contribution in [0.15, 0.2) is 103 Å². The zero-order chi connectivity index (χ0) is 43.0. The molecule has 5 rings (SSSR count). The van der Waals surface area contributed by atoms with Crippen LogP contribution < -0.4 is 9.47 Å². The molecule has 0 saturated carbocycles. The van der Waals surface area contributed by atoms with Crippen LogP contribution in [0.3, 0.4) is 0 Å². The van der Waals surface area contributed by atoms with Gasteiger partial charge in [-0.25, -0.2) is 9.06 Å². The van der Waals surface area contributed by atoms with Crippen molar-refractivity contribution in [2.24, 2.45) is 0 Å². The number of methoxy groups -OCH3 is 2. The Morgan fingerprint density at radius 2 is 1.31 bits per heavy atom. The molecule has 0 radical (unpaired) electrons. The van der Waals surface area contributed by atoms with Gasteiger partial charge in [-0.05, 0) is 92.8 Å². The molecule has 59 heavy (non-hydrogen) atoms. The molecule has 0 N–H and O–H groups in total. The van der Waals surface area contributed by atoms with Crippen molar-refractivity contribution in [3.63, 3.8) is 0 Å². The maximum atomic E-state index is 16.0. The molecule has 1 aliphatic heterocycles. The lowest BCUT2D eigenvalue weighted by atomic mass is 9.80. The monoisotopic (exact) mass is 844 g/mol. The molecular formula is C47H62FN2O7PSi. The summed E-state index contributed by atoms with van der Waals surface area (Å²) in [5.41, 5.74) is 1.83. The minimum atomic E-state index is -2.56. The average molecular weight is 845 g/mol. The van der Waals surface area contributed by atoms with Gasteiger partial charge in [0.2, 0.25) is 0 Å². The zero-order valence-corrected chi connectivity index (χ0v) is 38.4. The van der Waals surface area contributed by atoms with E-state index in [4.69, 9.17) is 32.4 Å². The third-order valence-electron chi connectivity index (χ3n) is 11.3. The van der Waals surface area contributed by atoms with Gasteiger partial charge < -0.3 is 32.4 Å². The van der Waals surface area contributed by atoms with Crippen LogP contribution in [0.5, 0.6) is 11.5 Å². The Kier molecular flexibility index (Phi) is 15.9. The van der Waals surface area contributed by atoms with Gasteiger partial charge in [-0.3, -0.25) is 0 Å². The molecule has 1 unspecified atom stereocenters. The van der Waals surface area contributed by atoms with E-state index in [0.29, 0.717) is 17.1 Å². The summed E-state index contributed by atoms with van der Waals surface area (Å²) in [7, 11) is -1.04. The molecule has 5 atom stereocenters. The molecule has 1 heterocycles. The molecule has 1 fully saturated rings. The number of nitriles is 1. The van der Waals surface area contributed by atoms with E-state index >= 15 is 4.39 Å². The normalized spacial score (nSPS) is 19.3. The second-order valence-corrected chi connectivity index (χ2v) is 23.1. The molecule has 0 aromatic heterocycles. The highest BCUT2D eigenvalue weighted by Gasteiger charge is 2.54. The summed E-state index contributed by atoms with van der Waals surface area (Å²) >= 11 is 0. The van der Waals surface area contributed by atoms with Gasteiger partial charge in [0.05, 0.1) is 39.9 Å². The molecule has 0 amide bonds. The first-order chi connectivity index (χ1) is 28.1. The van der Waals surface area contributed by atoms with E-state index in [1.54, 1.807) is 26.4 Å². The fourth-order valence-corrected chi connectivity index (χ4v) is 10.3. The fraction of sp³-hybridized carbons (Fsp3) is 0.468. The van der Waals surface area contributed by atoms with Crippen molar-refractivity contribution < 1.29 is 36.8 Å². The third kappa shape index (κ3) is 10.6. The Hall–Kier alpha value is -3.69. The Labute approximate surface area is 353 Å². The lowest BCUT2D eigenvalue weighted by molar-refractivity contribution is -0.0810. The van der Waals surface area contributed by atoms with E-state index in [-0.39, 0.29) is 36.8 Å². The summed E-state index contributed by atoms with van der Waals surface area (Å²) in [6.07, 6.45) is -2.91. The molecule has 0 aliphatic carbocycles. The molecule has 0 bridgehead atoms. The van der Waals surface area contributed by atoms with Gasteiger partial charge in [0.1, 0.15) is 47.3 Å². The highest BCUT2D eigenvalue weighted by molar-refractivity contribution is 7.44. The van der Waals surface area contributed by atoms with E-state index < -0.39 is 52.7 Å². The third-order valence-corrected chi connectivity index (χ3v) is 17.9. The average Bonchev–Trinajstić information content (AvgIpc) is 3.53. The maximum Gasteiger partial charge on any atom is 0.259 e. The van der Waals surface area contributed by atoms with E-state index in [1.807, 2.05) is 72.8 Å². The van der Waals surface area contributed by atoms with Crippen molar-refractivity contribution in [3.8, 4) is 17.6 Å². The molecular weight excluding hydrogens is 783 g/mol. The van der Waals surface area contributed by atoms with Crippen LogP contribution in [0.1, 0.15) is 83.2 Å². The number of hydrogen-bond donors (Lipinski definition) is 0. The molecule has 4 aromatic rings. The van der Waals surface area contributed by atoms with Crippen LogP contribution >= 0.6 is 8.53 Å². The van der Waals surface area contributed by atoms with Gasteiger partial charge in [-0.1, -0.05) is 93.6 Å². The number of hydrogen-bond acceptors (Lipinski definition) is 9. The van der Waals surface area contributed by atoms with Crippen molar-refractivity contribution in [2.75, 3.05) is 27.4 Å². The highest BCUT2D eigenvalue weighted by atomic mass is 31.2. The Morgan fingerprint density at radius 1 is 0.780 bits per heavy atom. The fourth-order valence-electron chi connectivity index (χ4n) is 7.27. The molecule has 4 aromatic carbocycles. The van der Waals surface area contributed by atoms with Crippen LogP contribution in [0.2, 0.25) is 18.1 Å². The summed E-state index contributed by atoms with van der Waals surface area (Å²) in [6, 6.07) is 34.8. The SMILES string of the molecule is COc1ccc(C(OC[C@H]2O[C@@H](c3ccccc3F)[C@H](O[Si](C)(C)C(C)(C)C)[C@@H]2OP(OCCC#N)N(C(C)C)C(C)C)(c2ccccc2)c2ccc(OC)cc2)cc1. The Bertz CT molecular complexity index is 1900. The van der Waals surface area contributed by atoms with Crippen molar-refractivity contribution >= 4 is 16.8 Å². The van der Waals surface area contributed by atoms with Crippen LogP contribution in [0.25, 0.3) is 0 Å². The standard InChI is InChI=1S/C47H62FN2O7PSi/c1-33(2)50(34(3)4)58(54-31-17-30-49)56-44-42(55-43(40-20-15-16-21-41(40)48)45(44)57-59(10,11)46(5,6)7)32-53-47(35-18-13-12-14-19-35,36-22-26-38(51-8)27-23-36)37-24-28-39(52-9)29-25-37/h12-16,18-29,33-34,42-45H,17,31-32H2,1-11H3/t42-,43+,44-,45+,58?/m1/s1. The molecule has 1 aliphatic rings. The first-order valence-electron chi connectivity index (χ1n) is 20.4. The quantitative estimate of drug-likeness (QED) is 0.0396. The molecule has 1 saturated heterocycles. The lowest BCUT2D eigenvalue weighted by Crippen LogP contribution is -2.49. The minimum Gasteiger partial charge on any atom is -0.497 e. The Balaban J connectivity index is 1.71. The molecule has 0 spiro atoms. The number of benzene rings is 4. The van der Waals surface area contributed by atoms with Crippen LogP contribution in [-0.2, 0) is 28.5 Å². The van der Waals surface area contributed by atoms with Gasteiger partial charge in [-0.2, -0.15) is 5.26 Å². The van der Waals surface area contributed by atoms with Gasteiger partial charge >= 0.3 is 0 Å². The minimum absolute atomic E-state index is 0.0185. The van der Waals surface area contributed by atoms with E-state index in [1.165, 1.54) is 6.07 Å². The maximum absolute atomic E-state index is 16.0. The van der Waals surface area contributed by atoms with E-state index in [2.05, 4.69) is 84.4 Å². The summed E-state index contributed by atoms with van der Waals surface area (Å²) < 4.78 is 64.9. The topological polar surface area (TPSA) is 91.6 Å². The number of nitrogens with zero attached hydrogens (tertiary/aromatic N) is 2. The van der Waals surface area contributed by atoms with Gasteiger partial charge in [0, 0.05) is 17.6 Å². The van der Waals surface area contributed by atoms with Gasteiger partial charge in [-0.15, -0.1) is 0 Å². The first-order valence-corrected chi connectivity index (χ1v) is 24.4. The smallest absolute Gasteiger partial charge is 0.259 e. The summed E-state index contributed by atoms with van der Waals surface area (Å²) in [5.74, 6) is 1.03. The van der Waals surface area contributed by atoms with Crippen molar-refractivity contribution in [3.05, 3.63) is 131 Å². The lowest BCUT2D eigenvalue weighted by Gasteiger charge is -2.42. The molecule has 318 valence electrons. The number of ether oxygens (including phenoxy) is 4. The van der Waals surface area contributed by atoms with Crippen molar-refractivity contribution in [1.82, 2.24) is 4.67 Å². The van der Waals surface area contributed by atoms with Crippen molar-refractivity contribution in [2.45, 2.75) is 115 Å². The number of halogens is 1. The van der Waals surface area contributed by atoms with Crippen LogP contribution in [0, 0.1) is 17.1 Å². The predicted molar refractivity (Wildman–Crippen MR) is 234 cm³/mol. The summed E-state index contributed by atoms with van der Waals surface area (Å²) in [4.78, 5) is 0. The first kappa shape index (κ1) is 46.4. The van der Waals surface area contributed by atoms with Crippen molar-refractivity contribution in [1.29, 1.82) is 5.26 Å². The van der Waals surface area contributed by atoms with Gasteiger partial charge in [0.15, 0.2) is 8.32 Å². The van der Waals surface area contributed by atoms with E-state index in [0.717, 1.165) is 16.7 Å². The molecule has 12 heteroatoms. The largest absolute Gasteiger partial charge is 0.497 e. The highest BCUT2D eigenvalue weighted by Crippen LogP contribution is 2.53. The second kappa shape index (κ2) is 20.2. The zero-order valence-electron chi connectivity index (χ0n) is 36.5. The van der Waals surface area contributed by atoms with E-state index in [9.17, 15) is 5.26 Å². The summed E-state index contributed by atoms with van der Waals surface area (Å²) in [6.45, 7) is 19.5. The molecule has 9 nitrogen and oxygen atoms in total. The second-order valence-electron chi connectivity index (χ2n) is 16.9. The summed E-state index contributed by atoms with van der Waals surface area (Å²) in [5, 5.41) is 9.32. The van der Waals surface area contributed by atoms with Gasteiger partial charge in [0.25, 0.3) is 8.53 Å². The Morgan fingerprint density at radius 3 is 1.80 bits per heavy atom. The van der Waals surface area contributed by atoms with Crippen LogP contribution in [-0.4, -0.2) is 70.8 Å². The number of rotatable bonds is 19. The van der Waals surface area contributed by atoms with Crippen LogP contribution in [0.4, 0.5) is 4.39 Å². The predicted octanol–water partition coefficient (Wildman–Crippen LogP) is 11.3.